The van der Waals surface area contributed by atoms with Crippen LogP contribution in [0.4, 0.5) is 10.5 Å². The number of phenolic OH excluding ortho intramolecular Hbond substituents is 1. The largest absolute Gasteiger partial charge is 0.508 e. The van der Waals surface area contributed by atoms with Gasteiger partial charge in [-0.05, 0) is 36.4 Å². The molecule has 0 radical (unpaired) electrons. The Morgan fingerprint density at radius 2 is 1.65 bits per heavy atom. The molecule has 3 amide bonds. The third kappa shape index (κ3) is 3.49. The van der Waals surface area contributed by atoms with E-state index in [1.807, 2.05) is 0 Å². The molecule has 0 bridgehead atoms. The van der Waals surface area contributed by atoms with Crippen LogP contribution >= 0.6 is 11.6 Å². The summed E-state index contributed by atoms with van der Waals surface area (Å²) in [5.41, 5.74) is 0.669. The van der Waals surface area contributed by atoms with Gasteiger partial charge >= 0.3 is 6.03 Å². The summed E-state index contributed by atoms with van der Waals surface area (Å²) in [6.45, 7) is 0. The standard InChI is InChI=1S/C14H11ClN2O3/c15-12-4-2-1-3-11(12)13(19)17-14(20)16-9-5-7-10(18)8-6-9/h1-8,18H,(H2,16,17,19,20). The number of carbonyl (C=O) groups excluding carboxylic acids is 2. The van der Waals surface area contributed by atoms with Crippen LogP contribution in [0.2, 0.25) is 5.02 Å². The van der Waals surface area contributed by atoms with E-state index < -0.39 is 11.9 Å². The number of rotatable bonds is 2. The highest BCUT2D eigenvalue weighted by molar-refractivity contribution is 6.34. The number of nitrogens with one attached hydrogen (secondary N) is 2. The molecule has 0 aromatic heterocycles. The monoisotopic (exact) mass is 290 g/mol. The lowest BCUT2D eigenvalue weighted by Gasteiger charge is -2.07. The molecule has 2 aromatic carbocycles. The smallest absolute Gasteiger partial charge is 0.326 e. The zero-order valence-electron chi connectivity index (χ0n) is 10.3. The number of imide groups is 1. The molecule has 0 heterocycles. The number of phenols is 1. The molecular formula is C14H11ClN2O3. The van der Waals surface area contributed by atoms with Gasteiger partial charge in [0.15, 0.2) is 0 Å². The zero-order valence-corrected chi connectivity index (χ0v) is 11.0. The van der Waals surface area contributed by atoms with E-state index in [1.165, 1.54) is 30.3 Å². The van der Waals surface area contributed by atoms with Crippen molar-refractivity contribution in [2.75, 3.05) is 5.32 Å². The van der Waals surface area contributed by atoms with Gasteiger partial charge < -0.3 is 10.4 Å². The Morgan fingerprint density at radius 3 is 2.30 bits per heavy atom. The lowest BCUT2D eigenvalue weighted by molar-refractivity contribution is 0.0967. The number of hydrogen-bond acceptors (Lipinski definition) is 3. The number of carbonyl (C=O) groups is 2. The van der Waals surface area contributed by atoms with Crippen LogP contribution in [0.15, 0.2) is 48.5 Å². The lowest BCUT2D eigenvalue weighted by atomic mass is 10.2. The van der Waals surface area contributed by atoms with Crippen LogP contribution in [0.1, 0.15) is 10.4 Å². The first-order valence-electron chi connectivity index (χ1n) is 5.72. The fraction of sp³-hybridized carbons (Fsp3) is 0. The van der Waals surface area contributed by atoms with E-state index in [9.17, 15) is 9.59 Å². The van der Waals surface area contributed by atoms with Crippen LogP contribution in [-0.4, -0.2) is 17.0 Å². The van der Waals surface area contributed by atoms with E-state index in [2.05, 4.69) is 10.6 Å². The molecule has 0 aliphatic heterocycles. The van der Waals surface area contributed by atoms with Crippen molar-refractivity contribution in [1.82, 2.24) is 5.32 Å². The second kappa shape index (κ2) is 6.08. The van der Waals surface area contributed by atoms with Crippen molar-refractivity contribution in [3.05, 3.63) is 59.1 Å². The van der Waals surface area contributed by atoms with Gasteiger partial charge in [0.25, 0.3) is 5.91 Å². The molecule has 0 saturated heterocycles. The van der Waals surface area contributed by atoms with Crippen LogP contribution in [0, 0.1) is 0 Å². The van der Waals surface area contributed by atoms with Crippen molar-refractivity contribution < 1.29 is 14.7 Å². The highest BCUT2D eigenvalue weighted by Crippen LogP contribution is 2.15. The Kier molecular flexibility index (Phi) is 4.22. The van der Waals surface area contributed by atoms with Crippen LogP contribution in [0.3, 0.4) is 0 Å². The van der Waals surface area contributed by atoms with Gasteiger partial charge in [0.2, 0.25) is 0 Å². The number of anilines is 1. The second-order valence-electron chi connectivity index (χ2n) is 3.93. The number of hydrogen-bond donors (Lipinski definition) is 3. The molecule has 0 unspecified atom stereocenters. The van der Waals surface area contributed by atoms with Gasteiger partial charge in [-0.2, -0.15) is 0 Å². The number of amides is 3. The fourth-order valence-corrected chi connectivity index (χ4v) is 1.74. The molecule has 0 fully saturated rings. The second-order valence-corrected chi connectivity index (χ2v) is 4.34. The van der Waals surface area contributed by atoms with Crippen LogP contribution < -0.4 is 10.6 Å². The van der Waals surface area contributed by atoms with Crippen LogP contribution in [0.25, 0.3) is 0 Å². The van der Waals surface area contributed by atoms with Gasteiger partial charge in [-0.1, -0.05) is 23.7 Å². The van der Waals surface area contributed by atoms with E-state index in [0.29, 0.717) is 5.69 Å². The van der Waals surface area contributed by atoms with Crippen LogP contribution in [-0.2, 0) is 0 Å². The maximum Gasteiger partial charge on any atom is 0.326 e. The molecule has 5 nitrogen and oxygen atoms in total. The third-order valence-electron chi connectivity index (χ3n) is 2.47. The number of benzene rings is 2. The van der Waals surface area contributed by atoms with Crippen molar-refractivity contribution in [3.63, 3.8) is 0 Å². The Balaban J connectivity index is 2.00. The quantitative estimate of drug-likeness (QED) is 0.744. The average Bonchev–Trinajstić information content (AvgIpc) is 2.41. The van der Waals surface area contributed by atoms with Crippen molar-refractivity contribution in [2.45, 2.75) is 0 Å². The molecule has 2 rings (SSSR count). The minimum atomic E-state index is -0.680. The maximum atomic E-state index is 11.8. The summed E-state index contributed by atoms with van der Waals surface area (Å²) in [4.78, 5) is 23.5. The molecule has 6 heteroatoms. The Morgan fingerprint density at radius 1 is 1.00 bits per heavy atom. The van der Waals surface area contributed by atoms with E-state index in [-0.39, 0.29) is 16.3 Å². The average molecular weight is 291 g/mol. The molecule has 2 aromatic rings. The highest BCUT2D eigenvalue weighted by atomic mass is 35.5. The van der Waals surface area contributed by atoms with Crippen molar-refractivity contribution in [1.29, 1.82) is 0 Å². The number of halogens is 1. The van der Waals surface area contributed by atoms with Gasteiger partial charge in [0.05, 0.1) is 10.6 Å². The summed E-state index contributed by atoms with van der Waals surface area (Å²) in [5.74, 6) is -0.505. The molecule has 0 aliphatic rings. The molecule has 20 heavy (non-hydrogen) atoms. The van der Waals surface area contributed by atoms with E-state index >= 15 is 0 Å². The van der Waals surface area contributed by atoms with Gasteiger partial charge in [-0.25, -0.2) is 4.79 Å². The van der Waals surface area contributed by atoms with Gasteiger partial charge in [0, 0.05) is 5.69 Å². The number of aromatic hydroxyl groups is 1. The molecule has 0 aliphatic carbocycles. The van der Waals surface area contributed by atoms with E-state index in [1.54, 1.807) is 18.2 Å². The molecule has 0 atom stereocenters. The summed E-state index contributed by atoms with van der Waals surface area (Å²) < 4.78 is 0. The fourth-order valence-electron chi connectivity index (χ4n) is 1.52. The first-order chi connectivity index (χ1) is 9.56. The molecule has 0 spiro atoms. The summed E-state index contributed by atoms with van der Waals surface area (Å²) in [5, 5.41) is 14.0. The highest BCUT2D eigenvalue weighted by Gasteiger charge is 2.12. The summed E-state index contributed by atoms with van der Waals surface area (Å²) >= 11 is 5.86. The van der Waals surface area contributed by atoms with Gasteiger partial charge in [-0.15, -0.1) is 0 Å². The maximum absolute atomic E-state index is 11.8. The first kappa shape index (κ1) is 13.9. The Bertz CT molecular complexity index is 641. The topological polar surface area (TPSA) is 78.4 Å². The lowest BCUT2D eigenvalue weighted by Crippen LogP contribution is -2.34. The SMILES string of the molecule is O=C(NC(=O)c1ccccc1Cl)Nc1ccc(O)cc1. The molecule has 0 saturated carbocycles. The van der Waals surface area contributed by atoms with Gasteiger partial charge in [-0.3, -0.25) is 10.1 Å². The molecule has 102 valence electrons. The van der Waals surface area contributed by atoms with Gasteiger partial charge in [0.1, 0.15) is 5.75 Å². The van der Waals surface area contributed by atoms with Crippen molar-refractivity contribution in [3.8, 4) is 5.75 Å². The molecule has 3 N–H and O–H groups in total. The van der Waals surface area contributed by atoms with Crippen molar-refractivity contribution >= 4 is 29.2 Å². The Labute approximate surface area is 120 Å². The van der Waals surface area contributed by atoms with E-state index in [0.717, 1.165) is 0 Å². The Hall–Kier alpha value is -2.53. The summed E-state index contributed by atoms with van der Waals surface area (Å²) in [7, 11) is 0. The van der Waals surface area contributed by atoms with Crippen LogP contribution in [0.5, 0.6) is 5.75 Å². The minimum Gasteiger partial charge on any atom is -0.508 e. The predicted octanol–water partition coefficient (Wildman–Crippen LogP) is 3.01. The third-order valence-corrected chi connectivity index (χ3v) is 2.80. The van der Waals surface area contributed by atoms with Crippen molar-refractivity contribution in [2.24, 2.45) is 0 Å². The first-order valence-corrected chi connectivity index (χ1v) is 6.10. The normalized spacial score (nSPS) is 9.85. The van der Waals surface area contributed by atoms with E-state index in [4.69, 9.17) is 16.7 Å². The predicted molar refractivity (Wildman–Crippen MR) is 76.0 cm³/mol. The minimum absolute atomic E-state index is 0.0862. The summed E-state index contributed by atoms with van der Waals surface area (Å²) in [6, 6.07) is 11.6. The molecular weight excluding hydrogens is 280 g/mol. The summed E-state index contributed by atoms with van der Waals surface area (Å²) in [6.07, 6.45) is 0. The zero-order chi connectivity index (χ0) is 14.5. The number of urea groups is 1.